The van der Waals surface area contributed by atoms with Crippen molar-refractivity contribution in [2.24, 2.45) is 5.92 Å². The van der Waals surface area contributed by atoms with Crippen LogP contribution in [0.3, 0.4) is 0 Å². The first-order chi connectivity index (χ1) is 19.3. The number of amides is 1. The van der Waals surface area contributed by atoms with Crippen LogP contribution in [-0.4, -0.2) is 36.7 Å². The Morgan fingerprint density at radius 1 is 1.02 bits per heavy atom. The van der Waals surface area contributed by atoms with Gasteiger partial charge in [-0.2, -0.15) is 4.31 Å². The highest BCUT2D eigenvalue weighted by Gasteiger charge is 2.28. The zero-order valence-electron chi connectivity index (χ0n) is 23.4. The molecule has 0 saturated heterocycles. The Labute approximate surface area is 245 Å². The number of para-hydroxylation sites is 1. The van der Waals surface area contributed by atoms with Gasteiger partial charge in [0.15, 0.2) is 0 Å². The van der Waals surface area contributed by atoms with Gasteiger partial charge < -0.3 is 5.32 Å². The van der Waals surface area contributed by atoms with Gasteiger partial charge in [-0.3, -0.25) is 4.79 Å². The zero-order valence-corrected chi connectivity index (χ0v) is 25.9. The second-order valence-electron chi connectivity index (χ2n) is 10.6. The summed E-state index contributed by atoms with van der Waals surface area (Å²) in [6.07, 6.45) is 6.62. The molecule has 1 aliphatic rings. The van der Waals surface area contributed by atoms with Crippen LogP contribution < -0.4 is 5.32 Å². The summed E-state index contributed by atoms with van der Waals surface area (Å²) in [5.41, 5.74) is 3.75. The van der Waals surface area contributed by atoms with E-state index in [0.717, 1.165) is 70.7 Å². The molecule has 2 heterocycles. The highest BCUT2D eigenvalue weighted by molar-refractivity contribution is 7.89. The molecule has 9 heteroatoms. The Morgan fingerprint density at radius 3 is 2.40 bits per heavy atom. The van der Waals surface area contributed by atoms with Crippen molar-refractivity contribution in [1.82, 2.24) is 9.29 Å². The largest absolute Gasteiger partial charge is 0.313 e. The minimum absolute atomic E-state index is 0.229. The lowest BCUT2D eigenvalue weighted by Gasteiger charge is -2.22. The number of hydrogen-bond donors (Lipinski definition) is 1. The molecule has 5 rings (SSSR count). The number of unbranched alkanes of at least 4 members (excludes halogenated alkanes) is 2. The first-order valence-electron chi connectivity index (χ1n) is 14.2. The van der Waals surface area contributed by atoms with Crippen LogP contribution in [0, 0.1) is 5.92 Å². The molecule has 1 aliphatic carbocycles. The van der Waals surface area contributed by atoms with Crippen molar-refractivity contribution >= 4 is 53.8 Å². The molecule has 0 spiro atoms. The monoisotopic (exact) mass is 595 g/mol. The van der Waals surface area contributed by atoms with Crippen LogP contribution in [-0.2, 0) is 22.9 Å². The molecule has 4 aromatic rings. The molecule has 0 saturated carbocycles. The Balaban J connectivity index is 1.42. The summed E-state index contributed by atoms with van der Waals surface area (Å²) >= 11 is 3.31. The number of benzene rings is 2. The van der Waals surface area contributed by atoms with Crippen molar-refractivity contribution < 1.29 is 13.2 Å². The first kappa shape index (κ1) is 28.9. The number of sulfonamides is 1. The van der Waals surface area contributed by atoms with Crippen molar-refractivity contribution in [2.75, 3.05) is 18.4 Å². The van der Waals surface area contributed by atoms with Gasteiger partial charge in [0.05, 0.1) is 15.1 Å². The molecule has 1 atom stereocenters. The van der Waals surface area contributed by atoms with Gasteiger partial charge in [-0.15, -0.1) is 22.7 Å². The van der Waals surface area contributed by atoms with E-state index in [9.17, 15) is 13.2 Å². The molecule has 2 aromatic carbocycles. The number of carbonyl (C=O) groups is 1. The normalized spacial score (nSPS) is 15.4. The number of carbonyl (C=O) groups excluding carboxylic acids is 1. The maximum Gasteiger partial charge on any atom is 0.256 e. The van der Waals surface area contributed by atoms with E-state index >= 15 is 0 Å². The maximum atomic E-state index is 13.4. The number of anilines is 1. The summed E-state index contributed by atoms with van der Waals surface area (Å²) in [5.74, 6) is 0.369. The Bertz CT molecular complexity index is 1550. The molecule has 1 unspecified atom stereocenters. The van der Waals surface area contributed by atoms with Crippen LogP contribution in [0.2, 0.25) is 0 Å². The van der Waals surface area contributed by atoms with Gasteiger partial charge in [0, 0.05) is 29.1 Å². The number of nitrogens with zero attached hydrogens (tertiary/aromatic N) is 2. The molecule has 6 nitrogen and oxygen atoms in total. The van der Waals surface area contributed by atoms with Crippen molar-refractivity contribution in [1.29, 1.82) is 0 Å². The van der Waals surface area contributed by atoms with Crippen LogP contribution in [0.4, 0.5) is 5.00 Å². The van der Waals surface area contributed by atoms with Gasteiger partial charge in [0.2, 0.25) is 10.0 Å². The molecule has 212 valence electrons. The third kappa shape index (κ3) is 6.03. The highest BCUT2D eigenvalue weighted by atomic mass is 32.2. The van der Waals surface area contributed by atoms with Crippen LogP contribution in [0.5, 0.6) is 0 Å². The van der Waals surface area contributed by atoms with Gasteiger partial charge in [-0.25, -0.2) is 13.4 Å². The van der Waals surface area contributed by atoms with Crippen molar-refractivity contribution in [3.8, 4) is 10.6 Å². The van der Waals surface area contributed by atoms with Crippen molar-refractivity contribution in [3.63, 3.8) is 0 Å². The van der Waals surface area contributed by atoms with E-state index in [1.54, 1.807) is 51.2 Å². The standard InChI is InChI=1S/C31H37N3O3S3/c1-4-6-18-34(19-7-5-2)40(36,37)23-15-13-22(14-16-23)29(35)33-31-28(24-17-12-21(3)20-27(24)39-31)30-32-25-10-8-9-11-26(25)38-30/h8-11,13-16,21H,4-7,12,17-20H2,1-3H3,(H,33,35). The molecule has 0 bridgehead atoms. The third-order valence-electron chi connectivity index (χ3n) is 7.52. The van der Waals surface area contributed by atoms with E-state index in [1.165, 1.54) is 10.4 Å². The molecule has 2 aromatic heterocycles. The Kier molecular flexibility index (Phi) is 9.05. The Morgan fingerprint density at radius 2 is 1.73 bits per heavy atom. The number of fused-ring (bicyclic) bond motifs is 2. The number of hydrogen-bond acceptors (Lipinski definition) is 6. The topological polar surface area (TPSA) is 79.4 Å². The molecule has 0 fully saturated rings. The van der Waals surface area contributed by atoms with Crippen molar-refractivity contribution in [2.45, 2.75) is 70.6 Å². The second-order valence-corrected chi connectivity index (χ2v) is 14.7. The third-order valence-corrected chi connectivity index (χ3v) is 11.7. The summed E-state index contributed by atoms with van der Waals surface area (Å²) in [5, 5.41) is 4.92. The average Bonchev–Trinajstić information content (AvgIpc) is 3.53. The van der Waals surface area contributed by atoms with E-state index in [4.69, 9.17) is 4.98 Å². The molecule has 0 aliphatic heterocycles. The van der Waals surface area contributed by atoms with E-state index in [-0.39, 0.29) is 10.8 Å². The summed E-state index contributed by atoms with van der Waals surface area (Å²) in [7, 11) is -3.61. The lowest BCUT2D eigenvalue weighted by molar-refractivity contribution is 0.102. The fourth-order valence-electron chi connectivity index (χ4n) is 5.17. The number of thiophene rings is 1. The van der Waals surface area contributed by atoms with E-state index < -0.39 is 10.0 Å². The van der Waals surface area contributed by atoms with Crippen LogP contribution in [0.15, 0.2) is 53.4 Å². The number of thiazole rings is 1. The van der Waals surface area contributed by atoms with Gasteiger partial charge in [0.25, 0.3) is 5.91 Å². The van der Waals surface area contributed by atoms with E-state index in [1.807, 2.05) is 18.2 Å². The minimum atomic E-state index is -3.61. The van der Waals surface area contributed by atoms with Crippen LogP contribution in [0.25, 0.3) is 20.8 Å². The molecule has 1 amide bonds. The fraction of sp³-hybridized carbons (Fsp3) is 0.419. The highest BCUT2D eigenvalue weighted by Crippen LogP contribution is 2.47. The summed E-state index contributed by atoms with van der Waals surface area (Å²) in [6, 6.07) is 14.5. The van der Waals surface area contributed by atoms with Crippen LogP contribution in [0.1, 0.15) is 73.7 Å². The van der Waals surface area contributed by atoms with Crippen LogP contribution >= 0.6 is 22.7 Å². The first-order valence-corrected chi connectivity index (χ1v) is 17.3. The minimum Gasteiger partial charge on any atom is -0.313 e. The molecule has 1 N–H and O–H groups in total. The predicted octanol–water partition coefficient (Wildman–Crippen LogP) is 7.99. The molecule has 40 heavy (non-hydrogen) atoms. The molecular formula is C31H37N3O3S3. The van der Waals surface area contributed by atoms with E-state index in [0.29, 0.717) is 24.6 Å². The zero-order chi connectivity index (χ0) is 28.3. The predicted molar refractivity (Wildman–Crippen MR) is 167 cm³/mol. The quantitative estimate of drug-likeness (QED) is 0.191. The molecule has 0 radical (unpaired) electrons. The Hall–Kier alpha value is -2.59. The van der Waals surface area contributed by atoms with Gasteiger partial charge >= 0.3 is 0 Å². The smallest absolute Gasteiger partial charge is 0.256 e. The average molecular weight is 596 g/mol. The van der Waals surface area contributed by atoms with Crippen molar-refractivity contribution in [3.05, 3.63) is 64.5 Å². The lowest BCUT2D eigenvalue weighted by atomic mass is 9.88. The number of nitrogens with one attached hydrogen (secondary N) is 1. The maximum absolute atomic E-state index is 13.4. The second kappa shape index (κ2) is 12.5. The summed E-state index contributed by atoms with van der Waals surface area (Å²) in [4.78, 5) is 19.9. The SMILES string of the molecule is CCCCN(CCCC)S(=O)(=O)c1ccc(C(=O)Nc2sc3c(c2-c2nc4ccccc4s2)CCC(C)C3)cc1. The number of aromatic nitrogens is 1. The van der Waals surface area contributed by atoms with E-state index in [2.05, 4.69) is 32.2 Å². The van der Waals surface area contributed by atoms with Gasteiger partial charge in [0.1, 0.15) is 10.0 Å². The summed E-state index contributed by atoms with van der Waals surface area (Å²) in [6.45, 7) is 7.42. The fourth-order valence-corrected chi connectivity index (χ4v) is 9.20. The number of rotatable bonds is 11. The van der Waals surface area contributed by atoms with Gasteiger partial charge in [-0.1, -0.05) is 45.7 Å². The summed E-state index contributed by atoms with van der Waals surface area (Å²) < 4.78 is 29.4. The molecular weight excluding hydrogens is 559 g/mol. The van der Waals surface area contributed by atoms with Gasteiger partial charge in [-0.05, 0) is 80.0 Å². The lowest BCUT2D eigenvalue weighted by Crippen LogP contribution is -2.33.